The highest BCUT2D eigenvalue weighted by molar-refractivity contribution is 5.91. The van der Waals surface area contributed by atoms with Gasteiger partial charge in [-0.15, -0.1) is 0 Å². The Morgan fingerprint density at radius 3 is 2.97 bits per heavy atom. The minimum absolute atomic E-state index is 0.0106. The summed E-state index contributed by atoms with van der Waals surface area (Å²) < 4.78 is 39.0. The van der Waals surface area contributed by atoms with Crippen LogP contribution >= 0.6 is 0 Å². The van der Waals surface area contributed by atoms with E-state index < -0.39 is 29.3 Å². The van der Waals surface area contributed by atoms with Crippen LogP contribution in [0.15, 0.2) is 24.7 Å². The monoisotopic (exact) mass is 485 g/mol. The molecular weight excluding hydrogens is 460 g/mol. The Morgan fingerprint density at radius 2 is 2.17 bits per heavy atom. The number of pyridine rings is 1. The molecular formula is C24H25F2N5O4. The number of nitrogens with zero attached hydrogens (tertiary/aromatic N) is 4. The molecule has 3 atom stereocenters. The Labute approximate surface area is 199 Å². The van der Waals surface area contributed by atoms with E-state index in [2.05, 4.69) is 19.9 Å². The summed E-state index contributed by atoms with van der Waals surface area (Å²) in [7, 11) is 1.27. The van der Waals surface area contributed by atoms with E-state index in [4.69, 9.17) is 9.47 Å². The lowest BCUT2D eigenvalue weighted by Crippen LogP contribution is -2.48. The van der Waals surface area contributed by atoms with Crippen molar-refractivity contribution in [1.29, 1.82) is 0 Å². The van der Waals surface area contributed by atoms with E-state index in [9.17, 15) is 18.4 Å². The lowest BCUT2D eigenvalue weighted by Gasteiger charge is -2.39. The molecule has 2 aliphatic rings. The molecule has 9 nitrogen and oxygen atoms in total. The number of carbonyl (C=O) groups is 2. The van der Waals surface area contributed by atoms with Gasteiger partial charge in [-0.2, -0.15) is 0 Å². The molecule has 1 saturated carbocycles. The van der Waals surface area contributed by atoms with Crippen molar-refractivity contribution >= 4 is 23.1 Å². The molecule has 1 unspecified atom stereocenters. The Bertz CT molecular complexity index is 1300. The van der Waals surface area contributed by atoms with E-state index in [1.165, 1.54) is 18.1 Å². The van der Waals surface area contributed by atoms with Gasteiger partial charge in [-0.1, -0.05) is 0 Å². The molecule has 35 heavy (non-hydrogen) atoms. The fourth-order valence-electron chi connectivity index (χ4n) is 5.31. The zero-order valence-corrected chi connectivity index (χ0v) is 19.4. The number of halogens is 2. The molecule has 3 aromatic rings. The number of carbonyl (C=O) groups excluding carboxylic acids is 2. The maximum atomic E-state index is 14.7. The number of fused-ring (bicyclic) bond motifs is 1. The summed E-state index contributed by atoms with van der Waals surface area (Å²) >= 11 is 0. The van der Waals surface area contributed by atoms with Crippen molar-refractivity contribution in [1.82, 2.24) is 24.8 Å². The van der Waals surface area contributed by atoms with Crippen LogP contribution in [-0.4, -0.2) is 62.2 Å². The predicted molar refractivity (Wildman–Crippen MR) is 120 cm³/mol. The number of aromatic nitrogens is 4. The number of rotatable bonds is 5. The van der Waals surface area contributed by atoms with E-state index >= 15 is 0 Å². The molecule has 11 heteroatoms. The van der Waals surface area contributed by atoms with E-state index in [1.807, 2.05) is 6.92 Å². The van der Waals surface area contributed by atoms with Crippen molar-refractivity contribution in [2.45, 2.75) is 50.7 Å². The van der Waals surface area contributed by atoms with Gasteiger partial charge in [0.05, 0.1) is 31.2 Å². The number of hydrogen-bond acceptors (Lipinski definition) is 7. The molecule has 4 heterocycles. The second kappa shape index (κ2) is 8.86. The van der Waals surface area contributed by atoms with Crippen molar-refractivity contribution in [2.24, 2.45) is 5.92 Å². The molecule has 3 aromatic heterocycles. The first-order valence-corrected chi connectivity index (χ1v) is 11.5. The minimum Gasteiger partial charge on any atom is -0.468 e. The zero-order chi connectivity index (χ0) is 24.7. The first kappa shape index (κ1) is 23.1. The molecule has 0 radical (unpaired) electrons. The van der Waals surface area contributed by atoms with Gasteiger partial charge < -0.3 is 14.5 Å². The average molecular weight is 485 g/mol. The van der Waals surface area contributed by atoms with Crippen molar-refractivity contribution in [3.8, 4) is 11.4 Å². The van der Waals surface area contributed by atoms with Crippen LogP contribution in [0, 0.1) is 17.6 Å². The highest BCUT2D eigenvalue weighted by Gasteiger charge is 2.54. The molecule has 0 bridgehead atoms. The van der Waals surface area contributed by atoms with Crippen molar-refractivity contribution in [3.63, 3.8) is 0 Å². The molecule has 1 amide bonds. The van der Waals surface area contributed by atoms with Crippen LogP contribution in [-0.2, 0) is 20.7 Å². The summed E-state index contributed by atoms with van der Waals surface area (Å²) in [6, 6.07) is 1.01. The minimum atomic E-state index is -0.750. The molecule has 1 saturated heterocycles. The fourth-order valence-corrected chi connectivity index (χ4v) is 5.31. The second-order valence-electron chi connectivity index (χ2n) is 9.22. The average Bonchev–Trinajstić information content (AvgIpc) is 3.34. The quantitative estimate of drug-likeness (QED) is 0.548. The van der Waals surface area contributed by atoms with Gasteiger partial charge in [-0.25, -0.2) is 28.5 Å². The van der Waals surface area contributed by atoms with Gasteiger partial charge in [0, 0.05) is 17.1 Å². The number of methoxy groups -OCH3 is 1. The third-order valence-electron chi connectivity index (χ3n) is 7.16. The summed E-state index contributed by atoms with van der Waals surface area (Å²) in [5.41, 5.74) is 0.517. The Kier molecular flexibility index (Phi) is 5.86. The van der Waals surface area contributed by atoms with Crippen LogP contribution in [0.3, 0.4) is 0 Å². The number of hydrogen-bond donors (Lipinski definition) is 1. The topological polar surface area (TPSA) is 110 Å². The SMILES string of the molecule is COC(=O)CN1C(=O)O[C@]2(CCC[C@H](Cc3nc(-c4c[nH]c5ncc(F)cc45)ncc3F)C2)C1C. The first-order chi connectivity index (χ1) is 16.8. The summed E-state index contributed by atoms with van der Waals surface area (Å²) in [4.78, 5) is 41.2. The van der Waals surface area contributed by atoms with Gasteiger partial charge in [0.1, 0.15) is 23.6 Å². The van der Waals surface area contributed by atoms with E-state index in [-0.39, 0.29) is 30.0 Å². The maximum Gasteiger partial charge on any atom is 0.411 e. The Balaban J connectivity index is 1.37. The van der Waals surface area contributed by atoms with Gasteiger partial charge in [0.2, 0.25) is 0 Å². The van der Waals surface area contributed by atoms with Crippen molar-refractivity contribution in [2.75, 3.05) is 13.7 Å². The summed E-state index contributed by atoms with van der Waals surface area (Å²) in [5, 5.41) is 0.511. The number of esters is 1. The van der Waals surface area contributed by atoms with Gasteiger partial charge in [-0.3, -0.25) is 9.69 Å². The van der Waals surface area contributed by atoms with Crippen LogP contribution in [0.1, 0.15) is 38.3 Å². The fraction of sp³-hybridized carbons (Fsp3) is 0.458. The normalized spacial score (nSPS) is 24.2. The molecule has 5 rings (SSSR count). The van der Waals surface area contributed by atoms with E-state index in [1.54, 1.807) is 6.20 Å². The summed E-state index contributed by atoms with van der Waals surface area (Å²) in [6.45, 7) is 1.69. The molecule has 184 valence electrons. The number of ether oxygens (including phenoxy) is 2. The van der Waals surface area contributed by atoms with E-state index in [0.717, 1.165) is 25.2 Å². The molecule has 1 spiro atoms. The summed E-state index contributed by atoms with van der Waals surface area (Å²) in [6.07, 6.45) is 6.46. The maximum absolute atomic E-state index is 14.7. The van der Waals surface area contributed by atoms with Crippen molar-refractivity contribution in [3.05, 3.63) is 42.0 Å². The molecule has 1 aliphatic carbocycles. The van der Waals surface area contributed by atoms with Gasteiger partial charge >= 0.3 is 12.1 Å². The number of H-pyrrole nitrogens is 1. The van der Waals surface area contributed by atoms with E-state index in [0.29, 0.717) is 35.9 Å². The molecule has 1 N–H and O–H groups in total. The third-order valence-corrected chi connectivity index (χ3v) is 7.16. The van der Waals surface area contributed by atoms with Crippen LogP contribution in [0.5, 0.6) is 0 Å². The number of nitrogens with one attached hydrogen (secondary N) is 1. The smallest absolute Gasteiger partial charge is 0.411 e. The number of amides is 1. The highest BCUT2D eigenvalue weighted by atomic mass is 19.1. The van der Waals surface area contributed by atoms with Crippen molar-refractivity contribution < 1.29 is 27.8 Å². The van der Waals surface area contributed by atoms with Crippen LogP contribution < -0.4 is 0 Å². The molecule has 1 aliphatic heterocycles. The summed E-state index contributed by atoms with van der Waals surface area (Å²) in [5.74, 6) is -1.25. The van der Waals surface area contributed by atoms with Crippen LogP contribution in [0.25, 0.3) is 22.4 Å². The Hall–Kier alpha value is -3.63. The largest absolute Gasteiger partial charge is 0.468 e. The highest BCUT2D eigenvalue weighted by Crippen LogP contribution is 2.44. The first-order valence-electron chi connectivity index (χ1n) is 11.5. The molecule has 0 aromatic carbocycles. The van der Waals surface area contributed by atoms with Gasteiger partial charge in [-0.05, 0) is 51.0 Å². The lowest BCUT2D eigenvalue weighted by atomic mass is 9.73. The number of aromatic amines is 1. The van der Waals surface area contributed by atoms with Gasteiger partial charge in [0.15, 0.2) is 11.6 Å². The standard InChI is InChI=1S/C24H25F2N5O4/c1-13-24(35-23(33)31(13)12-20(32)34-2)5-3-4-14(8-24)6-19-18(26)11-29-22(30-19)17-10-28-21-16(17)7-15(25)9-27-21/h7,9-11,13-14H,3-6,8,12H2,1-2H3,(H,27,28)/t13?,14-,24+/m1/s1. The zero-order valence-electron chi connectivity index (χ0n) is 19.4. The van der Waals surface area contributed by atoms with Gasteiger partial charge in [0.25, 0.3) is 0 Å². The van der Waals surface area contributed by atoms with Crippen LogP contribution in [0.2, 0.25) is 0 Å². The third kappa shape index (κ3) is 4.19. The van der Waals surface area contributed by atoms with Crippen LogP contribution in [0.4, 0.5) is 13.6 Å². The lowest BCUT2D eigenvalue weighted by molar-refractivity contribution is -0.141. The second-order valence-corrected chi connectivity index (χ2v) is 9.22. The molecule has 2 fully saturated rings. The Morgan fingerprint density at radius 1 is 1.34 bits per heavy atom. The predicted octanol–water partition coefficient (Wildman–Crippen LogP) is 3.78.